The summed E-state index contributed by atoms with van der Waals surface area (Å²) >= 11 is 0. The van der Waals surface area contributed by atoms with Gasteiger partial charge in [-0.1, -0.05) is 57.9 Å². The van der Waals surface area contributed by atoms with Crippen LogP contribution in [0.3, 0.4) is 0 Å². The highest BCUT2D eigenvalue weighted by atomic mass is 19.2. The molecule has 0 fully saturated rings. The molecule has 2 N–H and O–H groups in total. The zero-order chi connectivity index (χ0) is 14.8. The number of rotatable bonds is 10. The van der Waals surface area contributed by atoms with Crippen LogP contribution in [0.25, 0.3) is 0 Å². The van der Waals surface area contributed by atoms with Crippen LogP contribution >= 0.6 is 0 Å². The fraction of sp³-hybridized carbons (Fsp3) is 0.647. The second-order valence-electron chi connectivity index (χ2n) is 5.62. The molecule has 0 aliphatic carbocycles. The van der Waals surface area contributed by atoms with E-state index in [1.54, 1.807) is 6.07 Å². The lowest BCUT2D eigenvalue weighted by Crippen LogP contribution is -2.22. The molecule has 114 valence electrons. The number of nitrogens with two attached hydrogens (primary N) is 1. The van der Waals surface area contributed by atoms with Crippen LogP contribution in [0.5, 0.6) is 0 Å². The van der Waals surface area contributed by atoms with Gasteiger partial charge in [0.15, 0.2) is 11.6 Å². The Morgan fingerprint density at radius 1 is 0.950 bits per heavy atom. The molecule has 0 aliphatic rings. The molecule has 0 saturated heterocycles. The summed E-state index contributed by atoms with van der Waals surface area (Å²) in [6.07, 6.45) is 10.4. The van der Waals surface area contributed by atoms with Gasteiger partial charge in [-0.15, -0.1) is 0 Å². The summed E-state index contributed by atoms with van der Waals surface area (Å²) in [7, 11) is 0. The lowest BCUT2D eigenvalue weighted by atomic mass is 10.00. The molecule has 3 heteroatoms. The fourth-order valence-electron chi connectivity index (χ4n) is 2.44. The zero-order valence-corrected chi connectivity index (χ0v) is 12.5. The number of halogens is 2. The Kier molecular flexibility index (Phi) is 8.43. The Hall–Kier alpha value is -0.960. The molecule has 1 aromatic carbocycles. The number of hydrogen-bond donors (Lipinski definition) is 1. The molecule has 1 aromatic rings. The van der Waals surface area contributed by atoms with E-state index >= 15 is 0 Å². The quantitative estimate of drug-likeness (QED) is 0.602. The molecule has 0 heterocycles. The molecule has 1 nitrogen and oxygen atoms in total. The van der Waals surface area contributed by atoms with Crippen LogP contribution in [0, 0.1) is 11.6 Å². The highest BCUT2D eigenvalue weighted by molar-refractivity contribution is 5.18. The third kappa shape index (κ3) is 6.99. The van der Waals surface area contributed by atoms with Gasteiger partial charge in [0.05, 0.1) is 0 Å². The van der Waals surface area contributed by atoms with Gasteiger partial charge in [0.2, 0.25) is 0 Å². The minimum Gasteiger partial charge on any atom is -0.327 e. The van der Waals surface area contributed by atoms with Crippen molar-refractivity contribution in [3.05, 3.63) is 35.4 Å². The first kappa shape index (κ1) is 17.1. The van der Waals surface area contributed by atoms with Crippen LogP contribution < -0.4 is 5.73 Å². The molecular weight excluding hydrogens is 256 g/mol. The summed E-state index contributed by atoms with van der Waals surface area (Å²) < 4.78 is 25.9. The summed E-state index contributed by atoms with van der Waals surface area (Å²) in [5.74, 6) is -1.58. The average Bonchev–Trinajstić information content (AvgIpc) is 2.42. The minimum absolute atomic E-state index is 0.0375. The molecule has 1 unspecified atom stereocenters. The van der Waals surface area contributed by atoms with E-state index in [1.807, 2.05) is 0 Å². The Bertz CT molecular complexity index is 379. The molecule has 20 heavy (non-hydrogen) atoms. The van der Waals surface area contributed by atoms with Crippen LogP contribution in [-0.4, -0.2) is 6.04 Å². The number of unbranched alkanes of at least 4 members (excludes halogenated alkanes) is 6. The van der Waals surface area contributed by atoms with Crippen molar-refractivity contribution in [2.45, 2.75) is 70.8 Å². The fourth-order valence-corrected chi connectivity index (χ4v) is 2.44. The van der Waals surface area contributed by atoms with Crippen molar-refractivity contribution < 1.29 is 8.78 Å². The first-order valence-electron chi connectivity index (χ1n) is 7.83. The van der Waals surface area contributed by atoms with E-state index in [1.165, 1.54) is 50.7 Å². The predicted octanol–water partition coefficient (Wildman–Crippen LogP) is 4.98. The first-order valence-corrected chi connectivity index (χ1v) is 7.83. The molecule has 1 rings (SSSR count). The average molecular weight is 283 g/mol. The molecule has 0 amide bonds. The Morgan fingerprint density at radius 3 is 2.25 bits per heavy atom. The van der Waals surface area contributed by atoms with Gasteiger partial charge in [-0.25, -0.2) is 8.78 Å². The maximum atomic E-state index is 13.1. The van der Waals surface area contributed by atoms with Gasteiger partial charge in [0.25, 0.3) is 0 Å². The van der Waals surface area contributed by atoms with E-state index in [4.69, 9.17) is 5.73 Å². The van der Waals surface area contributed by atoms with Crippen molar-refractivity contribution in [3.63, 3.8) is 0 Å². The Morgan fingerprint density at radius 2 is 1.60 bits per heavy atom. The first-order chi connectivity index (χ1) is 9.63. The number of benzene rings is 1. The van der Waals surface area contributed by atoms with Crippen LogP contribution in [-0.2, 0) is 6.42 Å². The smallest absolute Gasteiger partial charge is 0.159 e. The van der Waals surface area contributed by atoms with Crippen LogP contribution in [0.1, 0.15) is 63.9 Å². The summed E-state index contributed by atoms with van der Waals surface area (Å²) in [6.45, 7) is 2.22. The summed E-state index contributed by atoms with van der Waals surface area (Å²) in [6, 6.07) is 4.07. The summed E-state index contributed by atoms with van der Waals surface area (Å²) in [5, 5.41) is 0. The van der Waals surface area contributed by atoms with Gasteiger partial charge in [-0.05, 0) is 30.5 Å². The molecule has 0 spiro atoms. The third-order valence-corrected chi connectivity index (χ3v) is 3.66. The maximum Gasteiger partial charge on any atom is 0.159 e. The van der Waals surface area contributed by atoms with Crippen molar-refractivity contribution in [2.75, 3.05) is 0 Å². The van der Waals surface area contributed by atoms with E-state index in [9.17, 15) is 8.78 Å². The van der Waals surface area contributed by atoms with Crippen molar-refractivity contribution in [1.82, 2.24) is 0 Å². The summed E-state index contributed by atoms with van der Waals surface area (Å²) in [5.41, 5.74) is 6.82. The second-order valence-corrected chi connectivity index (χ2v) is 5.62. The van der Waals surface area contributed by atoms with Crippen LogP contribution in [0.15, 0.2) is 18.2 Å². The van der Waals surface area contributed by atoms with Crippen molar-refractivity contribution >= 4 is 0 Å². The van der Waals surface area contributed by atoms with Gasteiger partial charge < -0.3 is 5.73 Å². The zero-order valence-electron chi connectivity index (χ0n) is 12.5. The largest absolute Gasteiger partial charge is 0.327 e. The minimum atomic E-state index is -0.797. The molecule has 0 bridgehead atoms. The molecule has 0 saturated carbocycles. The predicted molar refractivity (Wildman–Crippen MR) is 80.6 cm³/mol. The van der Waals surface area contributed by atoms with Gasteiger partial charge in [-0.2, -0.15) is 0 Å². The highest BCUT2D eigenvalue weighted by Gasteiger charge is 2.07. The molecule has 0 aromatic heterocycles. The molecular formula is C17H27F2N. The van der Waals surface area contributed by atoms with Crippen LogP contribution in [0.4, 0.5) is 8.78 Å². The molecule has 0 radical (unpaired) electrons. The topological polar surface area (TPSA) is 26.0 Å². The van der Waals surface area contributed by atoms with E-state index < -0.39 is 11.6 Å². The second kappa shape index (κ2) is 9.87. The van der Waals surface area contributed by atoms with Crippen molar-refractivity contribution in [1.29, 1.82) is 0 Å². The van der Waals surface area contributed by atoms with Gasteiger partial charge in [0, 0.05) is 6.04 Å². The van der Waals surface area contributed by atoms with Crippen molar-refractivity contribution in [2.24, 2.45) is 5.73 Å². The van der Waals surface area contributed by atoms with E-state index in [-0.39, 0.29) is 6.04 Å². The maximum absolute atomic E-state index is 13.1. The number of hydrogen-bond acceptors (Lipinski definition) is 1. The van der Waals surface area contributed by atoms with E-state index in [0.29, 0.717) is 6.42 Å². The van der Waals surface area contributed by atoms with Gasteiger partial charge >= 0.3 is 0 Å². The van der Waals surface area contributed by atoms with Crippen molar-refractivity contribution in [3.8, 4) is 0 Å². The normalized spacial score (nSPS) is 12.6. The van der Waals surface area contributed by atoms with Crippen LogP contribution in [0.2, 0.25) is 0 Å². The highest BCUT2D eigenvalue weighted by Crippen LogP contribution is 2.13. The standard InChI is InChI=1S/C17H27F2N/c1-2-3-4-5-6-7-8-9-15(20)12-14-10-11-16(18)17(19)13-14/h10-11,13,15H,2-9,12,20H2,1H3. The van der Waals surface area contributed by atoms with E-state index in [0.717, 1.165) is 18.4 Å². The SMILES string of the molecule is CCCCCCCCCC(N)Cc1ccc(F)c(F)c1. The van der Waals surface area contributed by atoms with Gasteiger partial charge in [-0.3, -0.25) is 0 Å². The lowest BCUT2D eigenvalue weighted by molar-refractivity contribution is 0.502. The third-order valence-electron chi connectivity index (χ3n) is 3.66. The van der Waals surface area contributed by atoms with E-state index in [2.05, 4.69) is 6.92 Å². The molecule has 0 aliphatic heterocycles. The Labute approximate surface area is 121 Å². The monoisotopic (exact) mass is 283 g/mol. The summed E-state index contributed by atoms with van der Waals surface area (Å²) in [4.78, 5) is 0. The molecule has 1 atom stereocenters. The Balaban J connectivity index is 2.13. The van der Waals surface area contributed by atoms with Gasteiger partial charge in [0.1, 0.15) is 0 Å². The lowest BCUT2D eigenvalue weighted by Gasteiger charge is -2.11.